The van der Waals surface area contributed by atoms with E-state index in [-0.39, 0.29) is 24.0 Å². The minimum absolute atomic E-state index is 0. The smallest absolute Gasteiger partial charge is 0.382 e. The number of guanidine groups is 1. The van der Waals surface area contributed by atoms with Crippen molar-refractivity contribution in [3.8, 4) is 0 Å². The number of ether oxygens (including phenoxy) is 1. The molecule has 1 aromatic rings. The largest absolute Gasteiger partial charge is 0.416 e. The van der Waals surface area contributed by atoms with Crippen molar-refractivity contribution in [3.63, 3.8) is 0 Å². The Hall–Kier alpha value is -1.03. The monoisotopic (exact) mass is 473 g/mol. The first kappa shape index (κ1) is 24.0. The van der Waals surface area contributed by atoms with Gasteiger partial charge in [0.2, 0.25) is 0 Å². The van der Waals surface area contributed by atoms with Crippen LogP contribution in [0.1, 0.15) is 37.8 Å². The highest BCUT2D eigenvalue weighted by molar-refractivity contribution is 14.0. The number of rotatable bonds is 9. The van der Waals surface area contributed by atoms with Gasteiger partial charge >= 0.3 is 6.18 Å². The van der Waals surface area contributed by atoms with E-state index in [1.54, 1.807) is 0 Å². The highest BCUT2D eigenvalue weighted by Crippen LogP contribution is 2.29. The first-order valence-electron chi connectivity index (χ1n) is 8.23. The molecule has 144 valence electrons. The van der Waals surface area contributed by atoms with Crippen molar-refractivity contribution in [2.75, 3.05) is 26.3 Å². The average Bonchev–Trinajstić information content (AvgIpc) is 2.55. The lowest BCUT2D eigenvalue weighted by atomic mass is 10.1. The normalized spacial score (nSPS) is 11.8. The van der Waals surface area contributed by atoms with Gasteiger partial charge in [-0.05, 0) is 44.4 Å². The molecule has 0 aliphatic carbocycles. The summed E-state index contributed by atoms with van der Waals surface area (Å²) in [5, 5.41) is 6.33. The molecule has 1 aromatic carbocycles. The lowest BCUT2D eigenvalue weighted by Crippen LogP contribution is -2.37. The highest BCUT2D eigenvalue weighted by atomic mass is 127. The van der Waals surface area contributed by atoms with Crippen LogP contribution in [-0.2, 0) is 17.5 Å². The zero-order valence-electron chi connectivity index (χ0n) is 14.7. The highest BCUT2D eigenvalue weighted by Gasteiger charge is 2.29. The quantitative estimate of drug-likeness (QED) is 0.245. The number of nitrogens with one attached hydrogen (secondary N) is 2. The summed E-state index contributed by atoms with van der Waals surface area (Å²) in [4.78, 5) is 4.39. The molecule has 0 amide bonds. The van der Waals surface area contributed by atoms with Gasteiger partial charge in [0.05, 0.1) is 12.1 Å². The average molecular weight is 473 g/mol. The predicted octanol–water partition coefficient (Wildman–Crippen LogP) is 4.20. The maximum absolute atomic E-state index is 12.5. The van der Waals surface area contributed by atoms with E-state index in [1.807, 2.05) is 13.8 Å². The first-order valence-corrected chi connectivity index (χ1v) is 8.23. The van der Waals surface area contributed by atoms with Crippen LogP contribution in [-0.4, -0.2) is 32.3 Å². The first-order chi connectivity index (χ1) is 11.5. The molecule has 0 atom stereocenters. The molecule has 0 unspecified atom stereocenters. The van der Waals surface area contributed by atoms with Crippen LogP contribution in [0.5, 0.6) is 0 Å². The zero-order chi connectivity index (χ0) is 17.8. The van der Waals surface area contributed by atoms with Crippen molar-refractivity contribution < 1.29 is 17.9 Å². The third-order valence-electron chi connectivity index (χ3n) is 3.26. The van der Waals surface area contributed by atoms with Gasteiger partial charge in [-0.2, -0.15) is 13.2 Å². The number of alkyl halides is 3. The molecule has 25 heavy (non-hydrogen) atoms. The van der Waals surface area contributed by atoms with Crippen molar-refractivity contribution in [1.29, 1.82) is 0 Å². The van der Waals surface area contributed by atoms with Gasteiger partial charge in [-0.1, -0.05) is 12.1 Å². The minimum Gasteiger partial charge on any atom is -0.382 e. The van der Waals surface area contributed by atoms with Crippen LogP contribution in [0, 0.1) is 0 Å². The number of benzene rings is 1. The molecule has 0 saturated carbocycles. The third-order valence-corrected chi connectivity index (χ3v) is 3.26. The van der Waals surface area contributed by atoms with Crippen molar-refractivity contribution in [3.05, 3.63) is 35.4 Å². The molecule has 0 aliphatic heterocycles. The Morgan fingerprint density at radius 2 is 1.76 bits per heavy atom. The molecule has 0 radical (unpaired) electrons. The topological polar surface area (TPSA) is 45.7 Å². The summed E-state index contributed by atoms with van der Waals surface area (Å²) < 4.78 is 42.9. The van der Waals surface area contributed by atoms with Gasteiger partial charge < -0.3 is 15.4 Å². The lowest BCUT2D eigenvalue weighted by Gasteiger charge is -2.11. The van der Waals surface area contributed by atoms with Gasteiger partial charge in [-0.3, -0.25) is 0 Å². The predicted molar refractivity (Wildman–Crippen MR) is 105 cm³/mol. The van der Waals surface area contributed by atoms with E-state index < -0.39 is 11.7 Å². The molecular weight excluding hydrogens is 446 g/mol. The van der Waals surface area contributed by atoms with Crippen molar-refractivity contribution in [2.24, 2.45) is 4.99 Å². The summed E-state index contributed by atoms with van der Waals surface area (Å²) >= 11 is 0. The number of nitrogens with zero attached hydrogens (tertiary/aromatic N) is 1. The molecule has 0 heterocycles. The maximum atomic E-state index is 12.5. The van der Waals surface area contributed by atoms with E-state index in [4.69, 9.17) is 4.74 Å². The van der Waals surface area contributed by atoms with Gasteiger partial charge in [-0.15, -0.1) is 24.0 Å². The number of unbranched alkanes of at least 4 members (excludes halogenated alkanes) is 1. The van der Waals surface area contributed by atoms with Crippen LogP contribution in [0.25, 0.3) is 0 Å². The minimum atomic E-state index is -4.31. The molecule has 4 nitrogen and oxygen atoms in total. The van der Waals surface area contributed by atoms with Crippen LogP contribution < -0.4 is 10.6 Å². The Balaban J connectivity index is 0.00000576. The molecular formula is C17H27F3IN3O. The van der Waals surface area contributed by atoms with Gasteiger partial charge in [0.1, 0.15) is 0 Å². The maximum Gasteiger partial charge on any atom is 0.416 e. The third kappa shape index (κ3) is 10.5. The molecule has 1 rings (SSSR count). The second-order valence-electron chi connectivity index (χ2n) is 5.22. The van der Waals surface area contributed by atoms with Crippen LogP contribution in [0.15, 0.2) is 29.3 Å². The molecule has 0 aliphatic rings. The van der Waals surface area contributed by atoms with E-state index in [1.165, 1.54) is 12.1 Å². The van der Waals surface area contributed by atoms with E-state index in [0.29, 0.717) is 12.5 Å². The van der Waals surface area contributed by atoms with Gasteiger partial charge in [0.15, 0.2) is 5.96 Å². The summed E-state index contributed by atoms with van der Waals surface area (Å²) in [7, 11) is 0. The van der Waals surface area contributed by atoms with Gasteiger partial charge in [-0.25, -0.2) is 4.99 Å². The van der Waals surface area contributed by atoms with Crippen LogP contribution >= 0.6 is 24.0 Å². The lowest BCUT2D eigenvalue weighted by molar-refractivity contribution is -0.137. The summed E-state index contributed by atoms with van der Waals surface area (Å²) in [6.45, 7) is 7.22. The Labute approximate surface area is 164 Å². The summed E-state index contributed by atoms with van der Waals surface area (Å²) in [5.41, 5.74) is 0.0890. The fourth-order valence-corrected chi connectivity index (χ4v) is 1.99. The van der Waals surface area contributed by atoms with E-state index in [0.717, 1.165) is 56.8 Å². The summed E-state index contributed by atoms with van der Waals surface area (Å²) in [5.74, 6) is 0.661. The molecule has 0 spiro atoms. The van der Waals surface area contributed by atoms with Gasteiger partial charge in [0, 0.05) is 26.3 Å². The summed E-state index contributed by atoms with van der Waals surface area (Å²) in [6, 6.07) is 5.08. The molecule has 8 heteroatoms. The number of hydrogen-bond donors (Lipinski definition) is 2. The standard InChI is InChI=1S/C17H26F3N3O.HI/c1-3-21-16(22-11-5-6-12-24-4-2)23-13-14-7-9-15(10-8-14)17(18,19)20;/h7-10H,3-6,11-13H2,1-2H3,(H2,21,22,23);1H. The van der Waals surface area contributed by atoms with E-state index >= 15 is 0 Å². The van der Waals surface area contributed by atoms with Gasteiger partial charge in [0.25, 0.3) is 0 Å². The van der Waals surface area contributed by atoms with Crippen molar-refractivity contribution in [1.82, 2.24) is 10.6 Å². The molecule has 0 saturated heterocycles. The molecule has 2 N–H and O–H groups in total. The second-order valence-corrected chi connectivity index (χ2v) is 5.22. The molecule has 0 aromatic heterocycles. The number of hydrogen-bond acceptors (Lipinski definition) is 2. The fourth-order valence-electron chi connectivity index (χ4n) is 1.99. The molecule has 0 fully saturated rings. The van der Waals surface area contributed by atoms with Crippen molar-refractivity contribution in [2.45, 2.75) is 39.4 Å². The van der Waals surface area contributed by atoms with Crippen LogP contribution in [0.3, 0.4) is 0 Å². The number of aliphatic imine (C=N–C) groups is 1. The van der Waals surface area contributed by atoms with E-state index in [9.17, 15) is 13.2 Å². The Bertz CT molecular complexity index is 493. The SMILES string of the molecule is CCNC(=NCc1ccc(C(F)(F)F)cc1)NCCCCOCC.I. The second kappa shape index (κ2) is 13.2. The fraction of sp³-hybridized carbons (Fsp3) is 0.588. The van der Waals surface area contributed by atoms with Crippen LogP contribution in [0.2, 0.25) is 0 Å². The van der Waals surface area contributed by atoms with Crippen molar-refractivity contribution >= 4 is 29.9 Å². The number of halogens is 4. The van der Waals surface area contributed by atoms with Crippen LogP contribution in [0.4, 0.5) is 13.2 Å². The molecule has 0 bridgehead atoms. The Morgan fingerprint density at radius 1 is 1.08 bits per heavy atom. The Morgan fingerprint density at radius 3 is 2.32 bits per heavy atom. The Kier molecular flexibility index (Phi) is 12.7. The summed E-state index contributed by atoms with van der Waals surface area (Å²) in [6.07, 6.45) is -2.37. The zero-order valence-corrected chi connectivity index (χ0v) is 17.0. The van der Waals surface area contributed by atoms with E-state index in [2.05, 4.69) is 15.6 Å².